The molecule has 2 aliphatic rings. The van der Waals surface area contributed by atoms with Gasteiger partial charge in [0.05, 0.1) is 5.69 Å². The average molecular weight is 461 g/mol. The maximum Gasteiger partial charge on any atom is 0.414 e. The predicted octanol–water partition coefficient (Wildman–Crippen LogP) is 4.07. The number of cyclic esters (lactones) is 1. The van der Waals surface area contributed by atoms with Crippen molar-refractivity contribution >= 4 is 33.4 Å². The number of nitrogens with zero attached hydrogens (tertiary/aromatic N) is 2. The number of sulfonamides is 1. The monoisotopic (exact) mass is 460 g/mol. The molecule has 0 radical (unpaired) electrons. The summed E-state index contributed by atoms with van der Waals surface area (Å²) in [5.41, 5.74) is 1.38. The number of rotatable bonds is 3. The molecular formula is C19H16ClF3N2O4S. The van der Waals surface area contributed by atoms with E-state index in [9.17, 15) is 26.4 Å². The number of fused-ring (bicyclic) bond motifs is 1. The summed E-state index contributed by atoms with van der Waals surface area (Å²) in [4.78, 5) is 12.9. The zero-order valence-corrected chi connectivity index (χ0v) is 17.0. The molecule has 2 aliphatic heterocycles. The van der Waals surface area contributed by atoms with Gasteiger partial charge in [0.2, 0.25) is 10.0 Å². The topological polar surface area (TPSA) is 66.9 Å². The van der Waals surface area contributed by atoms with E-state index in [0.29, 0.717) is 22.8 Å². The highest BCUT2D eigenvalue weighted by atomic mass is 35.5. The second-order valence-corrected chi connectivity index (χ2v) is 9.35. The number of ether oxygens (including phenoxy) is 1. The van der Waals surface area contributed by atoms with Crippen LogP contribution >= 0.6 is 11.6 Å². The Morgan fingerprint density at radius 2 is 1.73 bits per heavy atom. The van der Waals surface area contributed by atoms with Crippen LogP contribution in [0.15, 0.2) is 35.2 Å². The minimum Gasteiger partial charge on any atom is -0.444 e. The van der Waals surface area contributed by atoms with Crippen molar-refractivity contribution in [3.8, 4) is 0 Å². The number of anilines is 1. The summed E-state index contributed by atoms with van der Waals surface area (Å²) >= 11 is 5.99. The highest BCUT2D eigenvalue weighted by molar-refractivity contribution is 7.89. The van der Waals surface area contributed by atoms with E-state index in [-0.39, 0.29) is 38.6 Å². The van der Waals surface area contributed by atoms with Crippen LogP contribution in [0.2, 0.25) is 5.02 Å². The Morgan fingerprint density at radius 1 is 1.03 bits per heavy atom. The van der Waals surface area contributed by atoms with Gasteiger partial charge in [-0.1, -0.05) is 11.6 Å². The lowest BCUT2D eigenvalue weighted by Crippen LogP contribution is -2.50. The number of carbonyl (C=O) groups is 1. The van der Waals surface area contributed by atoms with Crippen molar-refractivity contribution in [2.24, 2.45) is 0 Å². The maximum atomic E-state index is 14.0. The van der Waals surface area contributed by atoms with E-state index in [0.717, 1.165) is 9.87 Å². The first-order valence-corrected chi connectivity index (χ1v) is 10.9. The second-order valence-electron chi connectivity index (χ2n) is 7.01. The molecule has 11 heteroatoms. The van der Waals surface area contributed by atoms with Gasteiger partial charge in [-0.15, -0.1) is 0 Å². The Balaban J connectivity index is 1.55. The molecule has 0 unspecified atom stereocenters. The molecule has 6 nitrogen and oxygen atoms in total. The summed E-state index contributed by atoms with van der Waals surface area (Å²) in [5, 5.41) is 0.501. The van der Waals surface area contributed by atoms with Gasteiger partial charge in [0.25, 0.3) is 0 Å². The van der Waals surface area contributed by atoms with E-state index in [1.165, 1.54) is 4.90 Å². The van der Waals surface area contributed by atoms with E-state index in [1.807, 2.05) is 0 Å². The molecule has 30 heavy (non-hydrogen) atoms. The van der Waals surface area contributed by atoms with Gasteiger partial charge in [0, 0.05) is 29.7 Å². The van der Waals surface area contributed by atoms with Gasteiger partial charge in [-0.2, -0.15) is 4.31 Å². The zero-order chi connectivity index (χ0) is 21.6. The fraction of sp³-hybridized carbons (Fsp3) is 0.316. The number of benzene rings is 2. The lowest BCUT2D eigenvalue weighted by molar-refractivity contribution is 0.136. The van der Waals surface area contributed by atoms with Gasteiger partial charge in [-0.25, -0.2) is 26.4 Å². The summed E-state index contributed by atoms with van der Waals surface area (Å²) in [5.74, 6) is -5.05. The molecule has 2 aromatic rings. The van der Waals surface area contributed by atoms with Gasteiger partial charge in [0.15, 0.2) is 17.5 Å². The molecule has 160 valence electrons. The van der Waals surface area contributed by atoms with Crippen LogP contribution in [0.25, 0.3) is 0 Å². The third-order valence-corrected chi connectivity index (χ3v) is 7.41. The normalized spacial score (nSPS) is 18.3. The van der Waals surface area contributed by atoms with Crippen molar-refractivity contribution in [3.05, 3.63) is 58.4 Å². The summed E-state index contributed by atoms with van der Waals surface area (Å²) in [6, 6.07) is 5.98. The molecule has 1 amide bonds. The van der Waals surface area contributed by atoms with Crippen LogP contribution in [0.1, 0.15) is 18.4 Å². The van der Waals surface area contributed by atoms with Gasteiger partial charge < -0.3 is 4.74 Å². The number of halogens is 4. The molecule has 0 spiro atoms. The number of hydrogen-bond acceptors (Lipinski definition) is 4. The smallest absolute Gasteiger partial charge is 0.414 e. The lowest BCUT2D eigenvalue weighted by atomic mass is 10.0. The van der Waals surface area contributed by atoms with Crippen molar-refractivity contribution < 1.29 is 31.1 Å². The number of amides is 1. The first kappa shape index (κ1) is 21.0. The third-order valence-electron chi connectivity index (χ3n) is 5.26. The lowest BCUT2D eigenvalue weighted by Gasteiger charge is -2.39. The molecule has 0 saturated carbocycles. The fourth-order valence-corrected chi connectivity index (χ4v) is 5.47. The number of carbonyl (C=O) groups excluding carboxylic acids is 1. The van der Waals surface area contributed by atoms with Crippen molar-refractivity contribution in [1.82, 2.24) is 4.31 Å². The molecule has 4 rings (SSSR count). The molecule has 0 N–H and O–H groups in total. The van der Waals surface area contributed by atoms with Crippen LogP contribution in [0, 0.1) is 17.5 Å². The molecule has 1 saturated heterocycles. The SMILES string of the molecule is O=C1OCc2cc(Cl)ccc2N1C1CCN(S(=O)(=O)c2ccc(F)c(F)c2F)CC1. The molecule has 2 heterocycles. The van der Waals surface area contributed by atoms with Gasteiger partial charge in [0.1, 0.15) is 11.5 Å². The maximum absolute atomic E-state index is 14.0. The highest BCUT2D eigenvalue weighted by Crippen LogP contribution is 2.34. The van der Waals surface area contributed by atoms with Crippen LogP contribution in [0.5, 0.6) is 0 Å². The summed E-state index contributed by atoms with van der Waals surface area (Å²) in [6.45, 7) is 0.0319. The minimum atomic E-state index is -4.37. The van der Waals surface area contributed by atoms with Crippen LogP contribution in [0.4, 0.5) is 23.7 Å². The van der Waals surface area contributed by atoms with Crippen molar-refractivity contribution in [1.29, 1.82) is 0 Å². The first-order valence-electron chi connectivity index (χ1n) is 9.08. The number of piperidine rings is 1. The Morgan fingerprint density at radius 3 is 2.43 bits per heavy atom. The molecule has 2 aromatic carbocycles. The van der Waals surface area contributed by atoms with Crippen LogP contribution < -0.4 is 4.90 Å². The van der Waals surface area contributed by atoms with Crippen LogP contribution in [0.3, 0.4) is 0 Å². The average Bonchev–Trinajstić information content (AvgIpc) is 2.72. The standard InChI is InChI=1S/C19H16ClF3N2O4S/c20-12-1-3-15-11(9-12)10-29-19(26)25(15)13-5-7-24(8-6-13)30(27,28)16-4-2-14(21)17(22)18(16)23/h1-4,9,13H,5-8,10H2. The largest absolute Gasteiger partial charge is 0.444 e. The first-order chi connectivity index (χ1) is 14.2. The highest BCUT2D eigenvalue weighted by Gasteiger charge is 2.38. The Labute approximate surface area is 175 Å². The Hall–Kier alpha value is -2.30. The molecule has 1 fully saturated rings. The quantitative estimate of drug-likeness (QED) is 0.648. The summed E-state index contributed by atoms with van der Waals surface area (Å²) < 4.78 is 72.3. The minimum absolute atomic E-state index is 0.0296. The molecule has 0 atom stereocenters. The van der Waals surface area contributed by atoms with E-state index in [4.69, 9.17) is 16.3 Å². The van der Waals surface area contributed by atoms with Crippen LogP contribution in [-0.4, -0.2) is 37.9 Å². The zero-order valence-electron chi connectivity index (χ0n) is 15.4. The summed E-state index contributed by atoms with van der Waals surface area (Å²) in [7, 11) is -4.37. The van der Waals surface area contributed by atoms with E-state index < -0.39 is 38.5 Å². The van der Waals surface area contributed by atoms with Gasteiger partial charge >= 0.3 is 6.09 Å². The van der Waals surface area contributed by atoms with Gasteiger partial charge in [-0.05, 0) is 43.2 Å². The van der Waals surface area contributed by atoms with Gasteiger partial charge in [-0.3, -0.25) is 4.90 Å². The Kier molecular flexibility index (Phi) is 5.41. The van der Waals surface area contributed by atoms with Crippen molar-refractivity contribution in [2.45, 2.75) is 30.4 Å². The van der Waals surface area contributed by atoms with Crippen molar-refractivity contribution in [2.75, 3.05) is 18.0 Å². The van der Waals surface area contributed by atoms with E-state index in [2.05, 4.69) is 0 Å². The fourth-order valence-electron chi connectivity index (χ4n) is 3.75. The van der Waals surface area contributed by atoms with Crippen LogP contribution in [-0.2, 0) is 21.4 Å². The molecule has 0 aliphatic carbocycles. The van der Waals surface area contributed by atoms with E-state index >= 15 is 0 Å². The Bertz CT molecular complexity index is 1120. The number of hydrogen-bond donors (Lipinski definition) is 0. The second kappa shape index (κ2) is 7.75. The molecule has 0 aromatic heterocycles. The summed E-state index contributed by atoms with van der Waals surface area (Å²) in [6.07, 6.45) is -0.0404. The predicted molar refractivity (Wildman–Crippen MR) is 102 cm³/mol. The van der Waals surface area contributed by atoms with E-state index in [1.54, 1.807) is 18.2 Å². The third kappa shape index (κ3) is 3.52. The van der Waals surface area contributed by atoms with Crippen molar-refractivity contribution in [3.63, 3.8) is 0 Å². The molecule has 0 bridgehead atoms. The molecular weight excluding hydrogens is 445 g/mol.